The highest BCUT2D eigenvalue weighted by atomic mass is 35.5. The summed E-state index contributed by atoms with van der Waals surface area (Å²) in [6, 6.07) is 19.0. The molecule has 25 heavy (non-hydrogen) atoms. The average molecular weight is 352 g/mol. The highest BCUT2D eigenvalue weighted by Gasteiger charge is 2.23. The largest absolute Gasteiger partial charge is 0.306 e. The second kappa shape index (κ2) is 7.42. The average Bonchev–Trinajstić information content (AvgIpc) is 3.06. The molecule has 3 nitrogen and oxygen atoms in total. The normalized spacial score (nSPS) is 16.6. The van der Waals surface area contributed by atoms with E-state index in [1.807, 2.05) is 12.1 Å². The molecule has 1 aliphatic carbocycles. The maximum Gasteiger partial charge on any atom is 0.0662 e. The van der Waals surface area contributed by atoms with Crippen LogP contribution in [0.2, 0.25) is 5.02 Å². The van der Waals surface area contributed by atoms with Crippen molar-refractivity contribution < 1.29 is 0 Å². The molecule has 0 fully saturated rings. The molecule has 0 saturated heterocycles. The molecule has 0 saturated carbocycles. The highest BCUT2D eigenvalue weighted by molar-refractivity contribution is 6.30. The van der Waals surface area contributed by atoms with Crippen LogP contribution in [-0.4, -0.2) is 9.78 Å². The Bertz CT molecular complexity index is 824. The van der Waals surface area contributed by atoms with E-state index in [1.165, 1.54) is 28.8 Å². The summed E-state index contributed by atoms with van der Waals surface area (Å²) in [5.41, 5.74) is 5.29. The molecule has 1 N–H and O–H groups in total. The van der Waals surface area contributed by atoms with Crippen molar-refractivity contribution in [2.45, 2.75) is 38.4 Å². The number of nitrogens with one attached hydrogen (secondary N) is 1. The molecule has 1 atom stereocenters. The van der Waals surface area contributed by atoms with Gasteiger partial charge in [-0.05, 0) is 42.5 Å². The Balaban J connectivity index is 1.47. The molecule has 2 aromatic carbocycles. The molecular weight excluding hydrogens is 330 g/mol. The summed E-state index contributed by atoms with van der Waals surface area (Å²) in [6.07, 6.45) is 5.53. The summed E-state index contributed by atoms with van der Waals surface area (Å²) in [7, 11) is 0. The number of rotatable bonds is 5. The van der Waals surface area contributed by atoms with Gasteiger partial charge < -0.3 is 5.32 Å². The maximum absolute atomic E-state index is 5.97. The van der Waals surface area contributed by atoms with Crippen LogP contribution in [0.15, 0.2) is 60.8 Å². The molecule has 128 valence electrons. The van der Waals surface area contributed by atoms with Crippen molar-refractivity contribution in [1.82, 2.24) is 15.1 Å². The molecule has 1 aromatic heterocycles. The Hall–Kier alpha value is -2.10. The number of hydrogen-bond donors (Lipinski definition) is 1. The summed E-state index contributed by atoms with van der Waals surface area (Å²) in [5, 5.41) is 9.15. The quantitative estimate of drug-likeness (QED) is 0.718. The molecule has 0 aliphatic heterocycles. The van der Waals surface area contributed by atoms with Crippen LogP contribution >= 0.6 is 11.6 Å². The van der Waals surface area contributed by atoms with E-state index in [1.54, 1.807) is 0 Å². The van der Waals surface area contributed by atoms with E-state index in [2.05, 4.69) is 63.8 Å². The van der Waals surface area contributed by atoms with Crippen LogP contribution in [0.1, 0.15) is 41.3 Å². The van der Waals surface area contributed by atoms with Gasteiger partial charge in [0.25, 0.3) is 0 Å². The van der Waals surface area contributed by atoms with E-state index in [0.29, 0.717) is 6.04 Å². The molecule has 4 heteroatoms. The smallest absolute Gasteiger partial charge is 0.0662 e. The van der Waals surface area contributed by atoms with Gasteiger partial charge in [-0.2, -0.15) is 5.10 Å². The summed E-state index contributed by atoms with van der Waals surface area (Å²) >= 11 is 5.97. The van der Waals surface area contributed by atoms with Crippen molar-refractivity contribution in [3.63, 3.8) is 0 Å². The number of halogens is 1. The molecule has 4 rings (SSSR count). The second-order valence-corrected chi connectivity index (χ2v) is 7.08. The monoisotopic (exact) mass is 351 g/mol. The molecular formula is C21H22ClN3. The van der Waals surface area contributed by atoms with Gasteiger partial charge in [-0.1, -0.05) is 54.1 Å². The Labute approximate surface area is 153 Å². The van der Waals surface area contributed by atoms with E-state index in [9.17, 15) is 0 Å². The molecule has 0 radical (unpaired) electrons. The zero-order valence-electron chi connectivity index (χ0n) is 14.2. The molecule has 0 amide bonds. The molecule has 0 bridgehead atoms. The molecule has 1 unspecified atom stereocenters. The zero-order chi connectivity index (χ0) is 17.1. The Kier molecular flexibility index (Phi) is 4.86. The minimum Gasteiger partial charge on any atom is -0.306 e. The predicted octanol–water partition coefficient (Wildman–Crippen LogP) is 4.75. The standard InChI is InChI=1S/C21H22ClN3/c22-18-11-9-16(10-12-18)13-23-20-7-4-8-21-19(20)14-24-25(21)15-17-5-2-1-3-6-17/h1-3,5-6,9-12,14,20,23H,4,7-8,13,15H2. The third-order valence-electron chi connectivity index (χ3n) is 4.90. The number of aromatic nitrogens is 2. The van der Waals surface area contributed by atoms with Crippen LogP contribution in [-0.2, 0) is 19.5 Å². The van der Waals surface area contributed by atoms with Crippen LogP contribution in [0.5, 0.6) is 0 Å². The highest BCUT2D eigenvalue weighted by Crippen LogP contribution is 2.30. The van der Waals surface area contributed by atoms with Gasteiger partial charge in [0.05, 0.1) is 12.7 Å². The fraction of sp³-hybridized carbons (Fsp3) is 0.286. The maximum atomic E-state index is 5.97. The van der Waals surface area contributed by atoms with E-state index in [4.69, 9.17) is 11.6 Å². The Morgan fingerprint density at radius 1 is 1.04 bits per heavy atom. The first kappa shape index (κ1) is 16.4. The third-order valence-corrected chi connectivity index (χ3v) is 5.16. The predicted molar refractivity (Wildman–Crippen MR) is 102 cm³/mol. The van der Waals surface area contributed by atoms with Crippen LogP contribution < -0.4 is 5.32 Å². The van der Waals surface area contributed by atoms with Gasteiger partial charge in [0, 0.05) is 28.9 Å². The van der Waals surface area contributed by atoms with Crippen molar-refractivity contribution >= 4 is 11.6 Å². The number of nitrogens with zero attached hydrogens (tertiary/aromatic N) is 2. The first-order valence-corrected chi connectivity index (χ1v) is 9.24. The van der Waals surface area contributed by atoms with Crippen LogP contribution in [0.4, 0.5) is 0 Å². The number of hydrogen-bond acceptors (Lipinski definition) is 2. The SMILES string of the molecule is Clc1ccc(CNC2CCCc3c2cnn3Cc2ccccc2)cc1. The van der Waals surface area contributed by atoms with Crippen molar-refractivity contribution in [3.05, 3.63) is 88.2 Å². The Morgan fingerprint density at radius 2 is 1.84 bits per heavy atom. The fourth-order valence-corrected chi connectivity index (χ4v) is 3.69. The summed E-state index contributed by atoms with van der Waals surface area (Å²) < 4.78 is 2.17. The fourth-order valence-electron chi connectivity index (χ4n) is 3.57. The van der Waals surface area contributed by atoms with Gasteiger partial charge in [-0.15, -0.1) is 0 Å². The van der Waals surface area contributed by atoms with Crippen molar-refractivity contribution in [3.8, 4) is 0 Å². The lowest BCUT2D eigenvalue weighted by Crippen LogP contribution is -2.25. The number of benzene rings is 2. The summed E-state index contributed by atoms with van der Waals surface area (Å²) in [5.74, 6) is 0. The minimum atomic E-state index is 0.379. The van der Waals surface area contributed by atoms with Crippen LogP contribution in [0.3, 0.4) is 0 Å². The second-order valence-electron chi connectivity index (χ2n) is 6.64. The molecule has 0 spiro atoms. The topological polar surface area (TPSA) is 29.9 Å². The van der Waals surface area contributed by atoms with Gasteiger partial charge in [-0.25, -0.2) is 0 Å². The molecule has 1 aliphatic rings. The van der Waals surface area contributed by atoms with Gasteiger partial charge >= 0.3 is 0 Å². The lowest BCUT2D eigenvalue weighted by Gasteiger charge is -2.24. The lowest BCUT2D eigenvalue weighted by atomic mass is 9.92. The molecule has 1 heterocycles. The first-order valence-electron chi connectivity index (χ1n) is 8.86. The summed E-state index contributed by atoms with van der Waals surface area (Å²) in [6.45, 7) is 1.70. The van der Waals surface area contributed by atoms with E-state index >= 15 is 0 Å². The van der Waals surface area contributed by atoms with E-state index in [-0.39, 0.29) is 0 Å². The van der Waals surface area contributed by atoms with E-state index < -0.39 is 0 Å². The van der Waals surface area contributed by atoms with Crippen LogP contribution in [0.25, 0.3) is 0 Å². The van der Waals surface area contributed by atoms with Crippen LogP contribution in [0, 0.1) is 0 Å². The Morgan fingerprint density at radius 3 is 2.64 bits per heavy atom. The first-order chi connectivity index (χ1) is 12.3. The van der Waals surface area contributed by atoms with Gasteiger partial charge in [0.15, 0.2) is 0 Å². The van der Waals surface area contributed by atoms with Gasteiger partial charge in [0.2, 0.25) is 0 Å². The minimum absolute atomic E-state index is 0.379. The van der Waals surface area contributed by atoms with Gasteiger partial charge in [0.1, 0.15) is 0 Å². The summed E-state index contributed by atoms with van der Waals surface area (Å²) in [4.78, 5) is 0. The lowest BCUT2D eigenvalue weighted by molar-refractivity contribution is 0.449. The van der Waals surface area contributed by atoms with Crippen molar-refractivity contribution in [1.29, 1.82) is 0 Å². The van der Waals surface area contributed by atoms with Crippen molar-refractivity contribution in [2.75, 3.05) is 0 Å². The van der Waals surface area contributed by atoms with Crippen molar-refractivity contribution in [2.24, 2.45) is 0 Å². The van der Waals surface area contributed by atoms with E-state index in [0.717, 1.165) is 31.0 Å². The van der Waals surface area contributed by atoms with Gasteiger partial charge in [-0.3, -0.25) is 4.68 Å². The molecule has 3 aromatic rings. The zero-order valence-corrected chi connectivity index (χ0v) is 14.9. The third kappa shape index (κ3) is 3.78. The number of fused-ring (bicyclic) bond motifs is 1.